The molecule has 0 amide bonds. The molecule has 4 rings (SSSR count). The van der Waals surface area contributed by atoms with Crippen molar-refractivity contribution in [2.45, 2.75) is 55.6 Å². The smallest absolute Gasteiger partial charge is 0.318 e. The lowest BCUT2D eigenvalue weighted by Crippen LogP contribution is -2.42. The number of benzene rings is 1. The van der Waals surface area contributed by atoms with Crippen LogP contribution in [-0.2, 0) is 14.8 Å². The number of nitrogens with one attached hydrogen (secondary N) is 1. The summed E-state index contributed by atoms with van der Waals surface area (Å²) in [4.78, 5) is 3.92. The number of pyridine rings is 1. The number of alkyl halides is 5. The van der Waals surface area contributed by atoms with Crippen molar-refractivity contribution < 1.29 is 35.1 Å². The highest BCUT2D eigenvalue weighted by atomic mass is 32.2. The third kappa shape index (κ3) is 4.73. The molecule has 3 atom stereocenters. The lowest BCUT2D eigenvalue weighted by Gasteiger charge is -2.38. The fraction of sp³-hybridized carbons (Fsp3) is 0.364. The summed E-state index contributed by atoms with van der Waals surface area (Å²) in [5.74, 6) is 0. The van der Waals surface area contributed by atoms with Crippen LogP contribution in [0.1, 0.15) is 31.4 Å². The highest BCUT2D eigenvalue weighted by Crippen LogP contribution is 2.43. The number of hydrogen-bond acceptors (Lipinski definition) is 5. The average Bonchev–Trinajstić information content (AvgIpc) is 3.10. The number of rotatable bonds is 7. The Morgan fingerprint density at radius 2 is 1.89 bits per heavy atom. The van der Waals surface area contributed by atoms with E-state index in [1.165, 1.54) is 18.3 Å². The molecule has 1 fully saturated rings. The number of hydrogen-bond donors (Lipinski definition) is 1. The van der Waals surface area contributed by atoms with Gasteiger partial charge in [-0.15, -0.1) is 0 Å². The molecule has 2 heterocycles. The van der Waals surface area contributed by atoms with Gasteiger partial charge in [0.1, 0.15) is 17.8 Å². The molecule has 1 N–H and O–H groups in total. The molecule has 186 valence electrons. The summed E-state index contributed by atoms with van der Waals surface area (Å²) in [6, 6.07) is 7.46. The van der Waals surface area contributed by atoms with Crippen LogP contribution in [0.3, 0.4) is 0 Å². The first-order valence-corrected chi connectivity index (χ1v) is 11.9. The first kappa shape index (κ1) is 25.0. The molecule has 2 unspecified atom stereocenters. The summed E-state index contributed by atoms with van der Waals surface area (Å²) >= 11 is 0. The van der Waals surface area contributed by atoms with Gasteiger partial charge < -0.3 is 9.30 Å². The van der Waals surface area contributed by atoms with Crippen molar-refractivity contribution in [3.63, 3.8) is 0 Å². The van der Waals surface area contributed by atoms with Gasteiger partial charge in [-0.2, -0.15) is 31.9 Å². The van der Waals surface area contributed by atoms with E-state index in [1.807, 2.05) is 0 Å². The SMILES string of the molecule is C[C@@H](NS(=O)(=O)c1ccc(-c2c(C#N)c3cccnc3n2C2CCC2OC(F)F)cc1)C(F)(F)F. The zero-order chi connectivity index (χ0) is 25.5. The Morgan fingerprint density at radius 1 is 1.20 bits per heavy atom. The number of aromatic nitrogens is 2. The van der Waals surface area contributed by atoms with Crippen LogP contribution in [0, 0.1) is 11.3 Å². The minimum Gasteiger partial charge on any atom is -0.318 e. The quantitative estimate of drug-likeness (QED) is 0.459. The van der Waals surface area contributed by atoms with E-state index in [0.29, 0.717) is 42.1 Å². The molecule has 2 aromatic heterocycles. The van der Waals surface area contributed by atoms with E-state index < -0.39 is 45.9 Å². The zero-order valence-corrected chi connectivity index (χ0v) is 18.9. The van der Waals surface area contributed by atoms with Crippen molar-refractivity contribution in [2.75, 3.05) is 0 Å². The molecule has 1 saturated carbocycles. The number of nitrogens with zero attached hydrogens (tertiary/aromatic N) is 3. The Hall–Kier alpha value is -3.08. The van der Waals surface area contributed by atoms with Crippen LogP contribution in [0.15, 0.2) is 47.5 Å². The average molecular weight is 514 g/mol. The summed E-state index contributed by atoms with van der Waals surface area (Å²) in [6.45, 7) is -2.29. The number of fused-ring (bicyclic) bond motifs is 1. The molecular weight excluding hydrogens is 495 g/mol. The van der Waals surface area contributed by atoms with E-state index in [0.717, 1.165) is 12.1 Å². The third-order valence-electron chi connectivity index (χ3n) is 5.92. The molecule has 0 saturated heterocycles. The maximum absolute atomic E-state index is 12.9. The molecule has 13 heteroatoms. The number of nitriles is 1. The summed E-state index contributed by atoms with van der Waals surface area (Å²) in [7, 11) is -4.48. The second-order valence-electron chi connectivity index (χ2n) is 8.07. The molecule has 0 bridgehead atoms. The number of sulfonamides is 1. The van der Waals surface area contributed by atoms with E-state index in [9.17, 15) is 35.6 Å². The van der Waals surface area contributed by atoms with Crippen molar-refractivity contribution in [1.29, 1.82) is 5.26 Å². The first-order valence-electron chi connectivity index (χ1n) is 10.5. The molecule has 7 nitrogen and oxygen atoms in total. The summed E-state index contributed by atoms with van der Waals surface area (Å²) in [6.07, 6.45) is -3.22. The van der Waals surface area contributed by atoms with Crippen LogP contribution in [-0.4, -0.2) is 42.9 Å². The Balaban J connectivity index is 1.78. The third-order valence-corrected chi connectivity index (χ3v) is 7.48. The Morgan fingerprint density at radius 3 is 2.43 bits per heavy atom. The normalized spacial score (nSPS) is 19.5. The molecule has 0 aliphatic heterocycles. The molecule has 1 aromatic carbocycles. The van der Waals surface area contributed by atoms with Crippen molar-refractivity contribution in [1.82, 2.24) is 14.3 Å². The summed E-state index contributed by atoms with van der Waals surface area (Å²) in [5.41, 5.74) is 1.28. The molecule has 0 radical (unpaired) electrons. The topological polar surface area (TPSA) is 97.0 Å². The van der Waals surface area contributed by atoms with E-state index in [1.54, 1.807) is 21.4 Å². The minimum atomic E-state index is -4.76. The van der Waals surface area contributed by atoms with Crippen LogP contribution in [0.4, 0.5) is 22.0 Å². The van der Waals surface area contributed by atoms with E-state index in [-0.39, 0.29) is 5.56 Å². The van der Waals surface area contributed by atoms with Gasteiger partial charge in [-0.1, -0.05) is 12.1 Å². The van der Waals surface area contributed by atoms with Gasteiger partial charge in [0.05, 0.1) is 28.3 Å². The Bertz CT molecular complexity index is 1380. The van der Waals surface area contributed by atoms with Gasteiger partial charge in [-0.25, -0.2) is 13.4 Å². The molecular formula is C22H19F5N4O3S. The van der Waals surface area contributed by atoms with Gasteiger partial charge >= 0.3 is 12.8 Å². The molecule has 0 spiro atoms. The van der Waals surface area contributed by atoms with Crippen molar-refractivity contribution in [3.05, 3.63) is 48.2 Å². The Kier molecular flexibility index (Phi) is 6.56. The second-order valence-corrected chi connectivity index (χ2v) is 9.78. The van der Waals surface area contributed by atoms with Crippen molar-refractivity contribution >= 4 is 21.1 Å². The first-order chi connectivity index (χ1) is 16.4. The highest BCUT2D eigenvalue weighted by Gasteiger charge is 2.40. The van der Waals surface area contributed by atoms with Crippen molar-refractivity contribution in [2.24, 2.45) is 0 Å². The standard InChI is InChI=1S/C22H19F5N4O3S/c1-12(22(25,26)27)30-35(32,33)14-6-4-13(5-7-14)19-16(11-28)15-3-2-10-29-20(15)31(19)17-8-9-18(17)34-21(23)24/h2-7,10,12,17-18,21,30H,8-9H2,1H3/t12-,17?,18?/m1/s1. The van der Waals surface area contributed by atoms with Gasteiger partial charge in [0, 0.05) is 11.6 Å². The zero-order valence-electron chi connectivity index (χ0n) is 18.1. The number of halogens is 5. The molecule has 35 heavy (non-hydrogen) atoms. The summed E-state index contributed by atoms with van der Waals surface area (Å²) < 4.78 is 97.0. The fourth-order valence-electron chi connectivity index (χ4n) is 4.06. The van der Waals surface area contributed by atoms with Crippen LogP contribution in [0.5, 0.6) is 0 Å². The van der Waals surface area contributed by atoms with Crippen LogP contribution in [0.25, 0.3) is 22.3 Å². The monoisotopic (exact) mass is 514 g/mol. The predicted molar refractivity (Wildman–Crippen MR) is 115 cm³/mol. The van der Waals surface area contributed by atoms with Crippen LogP contribution >= 0.6 is 0 Å². The second kappa shape index (κ2) is 9.18. The molecule has 1 aliphatic rings. The highest BCUT2D eigenvalue weighted by molar-refractivity contribution is 7.89. The largest absolute Gasteiger partial charge is 0.404 e. The fourth-order valence-corrected chi connectivity index (χ4v) is 5.28. The van der Waals surface area contributed by atoms with Gasteiger partial charge in [-0.05, 0) is 49.6 Å². The van der Waals surface area contributed by atoms with Gasteiger partial charge in [-0.3, -0.25) is 0 Å². The van der Waals surface area contributed by atoms with Crippen LogP contribution < -0.4 is 4.72 Å². The number of ether oxygens (including phenoxy) is 1. The van der Waals surface area contributed by atoms with E-state index in [4.69, 9.17) is 4.74 Å². The summed E-state index contributed by atoms with van der Waals surface area (Å²) in [5, 5.41) is 10.4. The van der Waals surface area contributed by atoms with Gasteiger partial charge in [0.25, 0.3) is 0 Å². The molecule has 1 aliphatic carbocycles. The Labute approximate surface area is 197 Å². The van der Waals surface area contributed by atoms with E-state index in [2.05, 4.69) is 11.1 Å². The van der Waals surface area contributed by atoms with E-state index >= 15 is 0 Å². The van der Waals surface area contributed by atoms with Gasteiger partial charge in [0.15, 0.2) is 0 Å². The maximum atomic E-state index is 12.9. The van der Waals surface area contributed by atoms with Crippen molar-refractivity contribution in [3.8, 4) is 17.3 Å². The maximum Gasteiger partial charge on any atom is 0.404 e. The molecule has 3 aromatic rings. The minimum absolute atomic E-state index is 0.204. The lowest BCUT2D eigenvalue weighted by atomic mass is 9.88. The lowest BCUT2D eigenvalue weighted by molar-refractivity contribution is -0.195. The van der Waals surface area contributed by atoms with Gasteiger partial charge in [0.2, 0.25) is 10.0 Å². The van der Waals surface area contributed by atoms with Crippen LogP contribution in [0.2, 0.25) is 0 Å². The predicted octanol–water partition coefficient (Wildman–Crippen LogP) is 4.75.